The van der Waals surface area contributed by atoms with Gasteiger partial charge in [-0.1, -0.05) is 11.6 Å². The molecule has 1 aliphatic rings. The van der Waals surface area contributed by atoms with Crippen molar-refractivity contribution in [3.8, 4) is 0 Å². The van der Waals surface area contributed by atoms with E-state index in [1.165, 1.54) is 25.0 Å². The first kappa shape index (κ1) is 7.73. The summed E-state index contributed by atoms with van der Waals surface area (Å²) >= 11 is 0. The Morgan fingerprint density at radius 2 is 2.42 bits per heavy atom. The highest BCUT2D eigenvalue weighted by atomic mass is 15.4. The van der Waals surface area contributed by atoms with Crippen LogP contribution in [0.15, 0.2) is 6.20 Å². The van der Waals surface area contributed by atoms with Gasteiger partial charge in [-0.25, -0.2) is 0 Å². The monoisotopic (exact) mass is 166 g/mol. The molecular weight excluding hydrogens is 152 g/mol. The van der Waals surface area contributed by atoms with E-state index in [0.29, 0.717) is 6.54 Å². The molecule has 1 saturated carbocycles. The smallest absolute Gasteiger partial charge is 0.0731 e. The maximum atomic E-state index is 5.76. The average molecular weight is 166 g/mol. The van der Waals surface area contributed by atoms with Gasteiger partial charge in [0.2, 0.25) is 0 Å². The number of nitrogens with two attached hydrogens (primary N) is 1. The molecule has 1 aromatic rings. The van der Waals surface area contributed by atoms with Gasteiger partial charge in [0.1, 0.15) is 0 Å². The Morgan fingerprint density at radius 1 is 1.67 bits per heavy atom. The van der Waals surface area contributed by atoms with Crippen molar-refractivity contribution in [1.29, 1.82) is 0 Å². The minimum absolute atomic E-state index is 0.193. The fraction of sp³-hybridized carbons (Fsp3) is 0.750. The minimum Gasteiger partial charge on any atom is -0.330 e. The average Bonchev–Trinajstić information content (AvgIpc) is 2.36. The summed E-state index contributed by atoms with van der Waals surface area (Å²) in [5, 5.41) is 7.80. The van der Waals surface area contributed by atoms with Gasteiger partial charge in [-0.15, -0.1) is 5.10 Å². The van der Waals surface area contributed by atoms with Crippen LogP contribution in [0.1, 0.15) is 25.0 Å². The number of hydrogen-bond acceptors (Lipinski definition) is 3. The molecule has 0 unspecified atom stereocenters. The van der Waals surface area contributed by atoms with Crippen LogP contribution in [0, 0.1) is 0 Å². The maximum absolute atomic E-state index is 5.76. The lowest BCUT2D eigenvalue weighted by molar-refractivity contribution is 0.237. The van der Waals surface area contributed by atoms with Crippen LogP contribution >= 0.6 is 0 Å². The summed E-state index contributed by atoms with van der Waals surface area (Å²) in [6.45, 7) is 0.716. The van der Waals surface area contributed by atoms with Crippen LogP contribution < -0.4 is 5.73 Å². The molecule has 66 valence electrons. The molecular formula is C8H14N4. The Kier molecular flexibility index (Phi) is 1.65. The zero-order valence-electron chi connectivity index (χ0n) is 7.32. The van der Waals surface area contributed by atoms with Gasteiger partial charge in [-0.2, -0.15) is 0 Å². The summed E-state index contributed by atoms with van der Waals surface area (Å²) in [6.07, 6.45) is 5.49. The highest BCUT2D eigenvalue weighted by molar-refractivity contribution is 5.18. The molecule has 0 saturated heterocycles. The van der Waals surface area contributed by atoms with Crippen molar-refractivity contribution in [2.45, 2.75) is 24.7 Å². The van der Waals surface area contributed by atoms with Crippen molar-refractivity contribution in [1.82, 2.24) is 15.0 Å². The summed E-state index contributed by atoms with van der Waals surface area (Å²) in [5.74, 6) is 0. The summed E-state index contributed by atoms with van der Waals surface area (Å²) in [4.78, 5) is 0. The lowest BCUT2D eigenvalue weighted by atomic mass is 9.67. The van der Waals surface area contributed by atoms with Gasteiger partial charge in [0, 0.05) is 19.0 Å². The van der Waals surface area contributed by atoms with Crippen LogP contribution in [0.25, 0.3) is 0 Å². The zero-order chi connectivity index (χ0) is 8.60. The first-order valence-corrected chi connectivity index (χ1v) is 4.34. The van der Waals surface area contributed by atoms with E-state index in [4.69, 9.17) is 5.73 Å². The molecule has 0 spiro atoms. The van der Waals surface area contributed by atoms with Crippen LogP contribution in [-0.2, 0) is 12.5 Å². The molecule has 2 N–H and O–H groups in total. The first-order chi connectivity index (χ1) is 5.78. The Balaban J connectivity index is 2.33. The van der Waals surface area contributed by atoms with Crippen molar-refractivity contribution in [2.75, 3.05) is 6.54 Å². The van der Waals surface area contributed by atoms with Crippen molar-refractivity contribution < 1.29 is 0 Å². The first-order valence-electron chi connectivity index (χ1n) is 4.34. The lowest BCUT2D eigenvalue weighted by Gasteiger charge is -2.40. The van der Waals surface area contributed by atoms with E-state index in [9.17, 15) is 0 Å². The van der Waals surface area contributed by atoms with Gasteiger partial charge in [-0.05, 0) is 12.8 Å². The van der Waals surface area contributed by atoms with Crippen molar-refractivity contribution in [3.63, 3.8) is 0 Å². The SMILES string of the molecule is Cn1nncc1C1(CN)CCC1. The van der Waals surface area contributed by atoms with Gasteiger partial charge < -0.3 is 5.73 Å². The quantitative estimate of drug-likeness (QED) is 0.682. The molecule has 1 fully saturated rings. The fourth-order valence-electron chi connectivity index (χ4n) is 1.94. The van der Waals surface area contributed by atoms with E-state index in [0.717, 1.165) is 0 Å². The van der Waals surface area contributed by atoms with E-state index in [2.05, 4.69) is 10.3 Å². The van der Waals surface area contributed by atoms with E-state index in [-0.39, 0.29) is 5.41 Å². The highest BCUT2D eigenvalue weighted by Crippen LogP contribution is 2.41. The molecule has 4 nitrogen and oxygen atoms in total. The van der Waals surface area contributed by atoms with Crippen LogP contribution in [0.5, 0.6) is 0 Å². The molecule has 1 aliphatic carbocycles. The molecule has 0 radical (unpaired) electrons. The largest absolute Gasteiger partial charge is 0.330 e. The van der Waals surface area contributed by atoms with Crippen molar-refractivity contribution >= 4 is 0 Å². The molecule has 0 aliphatic heterocycles. The van der Waals surface area contributed by atoms with Crippen LogP contribution in [0.4, 0.5) is 0 Å². The van der Waals surface area contributed by atoms with E-state index < -0.39 is 0 Å². The van der Waals surface area contributed by atoms with Gasteiger partial charge in [0.15, 0.2) is 0 Å². The molecule has 1 heterocycles. The maximum Gasteiger partial charge on any atom is 0.0731 e. The lowest BCUT2D eigenvalue weighted by Crippen LogP contribution is -2.43. The summed E-state index contributed by atoms with van der Waals surface area (Å²) < 4.78 is 1.84. The number of aromatic nitrogens is 3. The predicted molar refractivity (Wildman–Crippen MR) is 45.6 cm³/mol. The van der Waals surface area contributed by atoms with Gasteiger partial charge in [-0.3, -0.25) is 4.68 Å². The molecule has 0 bridgehead atoms. The molecule has 12 heavy (non-hydrogen) atoms. The molecule has 4 heteroatoms. The van der Waals surface area contributed by atoms with Crippen LogP contribution in [0.2, 0.25) is 0 Å². The van der Waals surface area contributed by atoms with Gasteiger partial charge >= 0.3 is 0 Å². The molecule has 0 aromatic carbocycles. The Morgan fingerprint density at radius 3 is 2.75 bits per heavy atom. The normalized spacial score (nSPS) is 20.5. The molecule has 1 aromatic heterocycles. The molecule has 0 atom stereocenters. The predicted octanol–water partition coefficient (Wildman–Crippen LogP) is 0.195. The van der Waals surface area contributed by atoms with Crippen LogP contribution in [0.3, 0.4) is 0 Å². The summed E-state index contributed by atoms with van der Waals surface area (Å²) in [6, 6.07) is 0. The summed E-state index contributed by atoms with van der Waals surface area (Å²) in [7, 11) is 1.93. The zero-order valence-corrected chi connectivity index (χ0v) is 7.32. The fourth-order valence-corrected chi connectivity index (χ4v) is 1.94. The molecule has 0 amide bonds. The third-order valence-corrected chi connectivity index (χ3v) is 2.96. The molecule has 2 rings (SSSR count). The second-order valence-corrected chi connectivity index (χ2v) is 3.58. The highest BCUT2D eigenvalue weighted by Gasteiger charge is 2.39. The second-order valence-electron chi connectivity index (χ2n) is 3.58. The van der Waals surface area contributed by atoms with Crippen molar-refractivity contribution in [2.24, 2.45) is 12.8 Å². The number of rotatable bonds is 2. The third-order valence-electron chi connectivity index (χ3n) is 2.96. The Bertz CT molecular complexity index is 269. The number of hydrogen-bond donors (Lipinski definition) is 1. The van der Waals surface area contributed by atoms with E-state index in [1.54, 1.807) is 0 Å². The van der Waals surface area contributed by atoms with Crippen LogP contribution in [-0.4, -0.2) is 21.5 Å². The Hall–Kier alpha value is -0.900. The topological polar surface area (TPSA) is 56.7 Å². The minimum atomic E-state index is 0.193. The number of aryl methyl sites for hydroxylation is 1. The van der Waals surface area contributed by atoms with E-state index >= 15 is 0 Å². The van der Waals surface area contributed by atoms with Gasteiger partial charge in [0.25, 0.3) is 0 Å². The standard InChI is InChI=1S/C8H14N4/c1-12-7(5-10-11-12)8(6-9)3-2-4-8/h5H,2-4,6,9H2,1H3. The number of nitrogens with zero attached hydrogens (tertiary/aromatic N) is 3. The summed E-state index contributed by atoms with van der Waals surface area (Å²) in [5.41, 5.74) is 7.14. The van der Waals surface area contributed by atoms with E-state index in [1.807, 2.05) is 17.9 Å². The third kappa shape index (κ3) is 0.876. The second kappa shape index (κ2) is 2.55. The van der Waals surface area contributed by atoms with Crippen molar-refractivity contribution in [3.05, 3.63) is 11.9 Å². The Labute approximate surface area is 71.8 Å². The van der Waals surface area contributed by atoms with Gasteiger partial charge in [0.05, 0.1) is 11.9 Å².